The monoisotopic (exact) mass is 196 g/mol. The normalized spacial score (nSPS) is 13.0. The van der Waals surface area contributed by atoms with Crippen molar-refractivity contribution in [2.75, 3.05) is 0 Å². The first kappa shape index (κ1) is 11.1. The minimum absolute atomic E-state index is 0.0274. The van der Waals surface area contributed by atoms with E-state index >= 15 is 0 Å². The average molecular weight is 196 g/mol. The predicted octanol–water partition coefficient (Wildman–Crippen LogP) is 2.71. The van der Waals surface area contributed by atoms with Crippen molar-refractivity contribution in [3.05, 3.63) is 22.9 Å². The lowest BCUT2D eigenvalue weighted by Crippen LogP contribution is -2.21. The molecule has 0 aromatic carbocycles. The summed E-state index contributed by atoms with van der Waals surface area (Å²) >= 11 is 0. The molecule has 0 aliphatic carbocycles. The first-order chi connectivity index (χ1) is 6.79. The number of imidazole rings is 1. The molecule has 1 N–H and O–H groups in total. The van der Waals surface area contributed by atoms with Crippen molar-refractivity contribution in [2.45, 2.75) is 52.0 Å². The smallest absolute Gasteiger partial charge is 0.313 e. The molecule has 0 amide bonds. The Morgan fingerprint density at radius 2 is 2.14 bits per heavy atom. The highest BCUT2D eigenvalue weighted by Gasteiger charge is 2.10. The fraction of sp³-hybridized carbons (Fsp3) is 0.727. The van der Waals surface area contributed by atoms with Crippen LogP contribution in [0.2, 0.25) is 0 Å². The molecule has 1 aromatic heterocycles. The Labute approximate surface area is 85.2 Å². The summed E-state index contributed by atoms with van der Waals surface area (Å²) < 4.78 is 1.83. The van der Waals surface area contributed by atoms with Crippen LogP contribution in [0.15, 0.2) is 17.2 Å². The van der Waals surface area contributed by atoms with Crippen LogP contribution in [0.5, 0.6) is 0 Å². The highest BCUT2D eigenvalue weighted by atomic mass is 16.1. The molecule has 0 bridgehead atoms. The first-order valence-electron chi connectivity index (χ1n) is 5.55. The maximum absolute atomic E-state index is 11.4. The van der Waals surface area contributed by atoms with Gasteiger partial charge < -0.3 is 4.98 Å². The third-order valence-corrected chi connectivity index (χ3v) is 2.58. The van der Waals surface area contributed by atoms with Gasteiger partial charge in [0.25, 0.3) is 0 Å². The molecule has 0 saturated carbocycles. The lowest BCUT2D eigenvalue weighted by Gasteiger charge is -2.16. The minimum Gasteiger partial charge on any atom is -0.313 e. The van der Waals surface area contributed by atoms with E-state index < -0.39 is 0 Å². The second kappa shape index (κ2) is 5.68. The van der Waals surface area contributed by atoms with Crippen LogP contribution in [0.4, 0.5) is 0 Å². The Balaban J connectivity index is 2.67. The van der Waals surface area contributed by atoms with E-state index in [2.05, 4.69) is 18.8 Å². The summed E-state index contributed by atoms with van der Waals surface area (Å²) in [6.45, 7) is 4.35. The van der Waals surface area contributed by atoms with Gasteiger partial charge in [0.15, 0.2) is 0 Å². The number of nitrogens with zero attached hydrogens (tertiary/aromatic N) is 1. The van der Waals surface area contributed by atoms with Crippen molar-refractivity contribution in [1.29, 1.82) is 0 Å². The molecule has 3 nitrogen and oxygen atoms in total. The maximum atomic E-state index is 11.4. The van der Waals surface area contributed by atoms with Crippen LogP contribution in [-0.2, 0) is 0 Å². The minimum atomic E-state index is 0.0274. The second-order valence-corrected chi connectivity index (χ2v) is 3.76. The number of aromatic amines is 1. The highest BCUT2D eigenvalue weighted by Crippen LogP contribution is 2.18. The van der Waals surface area contributed by atoms with Crippen LogP contribution >= 0.6 is 0 Å². The molecular formula is C11H20N2O. The molecule has 0 saturated heterocycles. The Bertz CT molecular complexity index is 300. The molecule has 1 heterocycles. The fourth-order valence-corrected chi connectivity index (χ4v) is 1.81. The second-order valence-electron chi connectivity index (χ2n) is 3.76. The fourth-order valence-electron chi connectivity index (χ4n) is 1.81. The van der Waals surface area contributed by atoms with Crippen molar-refractivity contribution in [3.8, 4) is 0 Å². The summed E-state index contributed by atoms with van der Waals surface area (Å²) in [4.78, 5) is 14.1. The lowest BCUT2D eigenvalue weighted by molar-refractivity contribution is 0.408. The highest BCUT2D eigenvalue weighted by molar-refractivity contribution is 4.81. The Morgan fingerprint density at radius 3 is 2.64 bits per heavy atom. The SMILES string of the molecule is CCCCC(CCC)n1cc[nH]c1=O. The van der Waals surface area contributed by atoms with Gasteiger partial charge in [0, 0.05) is 18.4 Å². The van der Waals surface area contributed by atoms with Crippen LogP contribution in [0.25, 0.3) is 0 Å². The number of H-pyrrole nitrogens is 1. The molecule has 0 spiro atoms. The van der Waals surface area contributed by atoms with Gasteiger partial charge in [-0.1, -0.05) is 33.1 Å². The van der Waals surface area contributed by atoms with Crippen molar-refractivity contribution < 1.29 is 0 Å². The summed E-state index contributed by atoms with van der Waals surface area (Å²) in [7, 11) is 0. The standard InChI is InChI=1S/C11H20N2O/c1-3-5-7-10(6-4-2)13-9-8-12-11(13)14/h8-10H,3-7H2,1-2H3,(H,12,14). The van der Waals surface area contributed by atoms with Crippen molar-refractivity contribution >= 4 is 0 Å². The largest absolute Gasteiger partial charge is 0.325 e. The number of hydrogen-bond donors (Lipinski definition) is 1. The maximum Gasteiger partial charge on any atom is 0.325 e. The van der Waals surface area contributed by atoms with E-state index in [1.165, 1.54) is 12.8 Å². The lowest BCUT2D eigenvalue weighted by atomic mass is 10.1. The Kier molecular flexibility index (Phi) is 4.50. The van der Waals surface area contributed by atoms with E-state index in [0.717, 1.165) is 19.3 Å². The molecule has 0 radical (unpaired) electrons. The van der Waals surface area contributed by atoms with Crippen molar-refractivity contribution in [1.82, 2.24) is 9.55 Å². The average Bonchev–Trinajstić information content (AvgIpc) is 2.59. The summed E-state index contributed by atoms with van der Waals surface area (Å²) in [5.74, 6) is 0. The zero-order valence-electron chi connectivity index (χ0n) is 9.12. The van der Waals surface area contributed by atoms with Gasteiger partial charge in [-0.3, -0.25) is 4.57 Å². The van der Waals surface area contributed by atoms with Crippen LogP contribution in [0.3, 0.4) is 0 Å². The number of nitrogens with one attached hydrogen (secondary N) is 1. The van der Waals surface area contributed by atoms with Gasteiger partial charge in [-0.05, 0) is 12.8 Å². The number of rotatable bonds is 6. The zero-order chi connectivity index (χ0) is 10.4. The Morgan fingerprint density at radius 1 is 1.36 bits per heavy atom. The number of unbranched alkanes of at least 4 members (excludes halogenated alkanes) is 1. The van der Waals surface area contributed by atoms with Gasteiger partial charge in [-0.2, -0.15) is 0 Å². The Hall–Kier alpha value is -0.990. The van der Waals surface area contributed by atoms with E-state index in [-0.39, 0.29) is 5.69 Å². The van der Waals surface area contributed by atoms with Gasteiger partial charge in [-0.25, -0.2) is 4.79 Å². The molecule has 1 atom stereocenters. The van der Waals surface area contributed by atoms with Gasteiger partial charge in [0.1, 0.15) is 0 Å². The topological polar surface area (TPSA) is 37.8 Å². The van der Waals surface area contributed by atoms with Gasteiger partial charge in [-0.15, -0.1) is 0 Å². The molecule has 1 unspecified atom stereocenters. The summed E-state index contributed by atoms with van der Waals surface area (Å²) in [6.07, 6.45) is 9.31. The zero-order valence-corrected chi connectivity index (χ0v) is 9.12. The molecule has 14 heavy (non-hydrogen) atoms. The third-order valence-electron chi connectivity index (χ3n) is 2.58. The molecule has 0 fully saturated rings. The van der Waals surface area contributed by atoms with E-state index in [0.29, 0.717) is 6.04 Å². The van der Waals surface area contributed by atoms with Gasteiger partial charge in [0.05, 0.1) is 0 Å². The molecule has 1 aromatic rings. The molecule has 0 aliphatic heterocycles. The number of aromatic nitrogens is 2. The molecule has 80 valence electrons. The number of hydrogen-bond acceptors (Lipinski definition) is 1. The van der Waals surface area contributed by atoms with E-state index in [9.17, 15) is 4.79 Å². The van der Waals surface area contributed by atoms with E-state index in [4.69, 9.17) is 0 Å². The van der Waals surface area contributed by atoms with Crippen LogP contribution < -0.4 is 5.69 Å². The molecule has 1 rings (SSSR count). The molecular weight excluding hydrogens is 176 g/mol. The molecule has 3 heteroatoms. The quantitative estimate of drug-likeness (QED) is 0.746. The van der Waals surface area contributed by atoms with Gasteiger partial charge in [0.2, 0.25) is 0 Å². The summed E-state index contributed by atoms with van der Waals surface area (Å²) in [5, 5.41) is 0. The van der Waals surface area contributed by atoms with Crippen LogP contribution in [0.1, 0.15) is 52.0 Å². The third kappa shape index (κ3) is 2.76. The van der Waals surface area contributed by atoms with E-state index in [1.54, 1.807) is 6.20 Å². The molecule has 0 aliphatic rings. The predicted molar refractivity (Wildman–Crippen MR) is 58.5 cm³/mol. The van der Waals surface area contributed by atoms with Crippen LogP contribution in [-0.4, -0.2) is 9.55 Å². The first-order valence-corrected chi connectivity index (χ1v) is 5.55. The van der Waals surface area contributed by atoms with E-state index in [1.807, 2.05) is 10.8 Å². The van der Waals surface area contributed by atoms with Crippen molar-refractivity contribution in [3.63, 3.8) is 0 Å². The summed E-state index contributed by atoms with van der Waals surface area (Å²) in [5.41, 5.74) is 0.0274. The van der Waals surface area contributed by atoms with Crippen LogP contribution in [0, 0.1) is 0 Å². The summed E-state index contributed by atoms with van der Waals surface area (Å²) in [6, 6.07) is 0.388. The van der Waals surface area contributed by atoms with Gasteiger partial charge >= 0.3 is 5.69 Å². The van der Waals surface area contributed by atoms with Crippen molar-refractivity contribution in [2.24, 2.45) is 0 Å².